The summed E-state index contributed by atoms with van der Waals surface area (Å²) in [5.41, 5.74) is 3.37. The maximum Gasteiger partial charge on any atom is 0.433 e. The first-order valence-corrected chi connectivity index (χ1v) is 4.27. The second kappa shape index (κ2) is 4.94. The van der Waals surface area contributed by atoms with Gasteiger partial charge in [-0.05, 0) is 25.1 Å². The third-order valence-electron chi connectivity index (χ3n) is 1.57. The molecule has 1 rings (SSSR count). The SMILES string of the molecule is CN/N=C(C)/C=C/c1ccc([N+](=O)[O-])o1. The van der Waals surface area contributed by atoms with Crippen LogP contribution in [-0.2, 0) is 0 Å². The van der Waals surface area contributed by atoms with Crippen LogP contribution in [0.4, 0.5) is 5.88 Å². The number of rotatable bonds is 4. The van der Waals surface area contributed by atoms with Crippen molar-refractivity contribution in [3.8, 4) is 0 Å². The van der Waals surface area contributed by atoms with Gasteiger partial charge in [0, 0.05) is 7.05 Å². The Kier molecular flexibility index (Phi) is 3.61. The Morgan fingerprint density at radius 1 is 1.67 bits per heavy atom. The number of allylic oxidation sites excluding steroid dienone is 1. The topological polar surface area (TPSA) is 80.7 Å². The summed E-state index contributed by atoms with van der Waals surface area (Å²) in [6, 6.07) is 2.84. The molecule has 0 aliphatic carbocycles. The van der Waals surface area contributed by atoms with Gasteiger partial charge >= 0.3 is 5.88 Å². The summed E-state index contributed by atoms with van der Waals surface area (Å²) in [7, 11) is 1.69. The number of nitro groups is 1. The van der Waals surface area contributed by atoms with Gasteiger partial charge in [-0.25, -0.2) is 0 Å². The molecule has 1 aromatic heterocycles. The standard InChI is InChI=1S/C9H11N3O3/c1-7(11-10-2)3-4-8-5-6-9(15-8)12(13)14/h3-6,10H,1-2H3/b4-3+,11-7+. The van der Waals surface area contributed by atoms with Crippen LogP contribution in [0.2, 0.25) is 0 Å². The van der Waals surface area contributed by atoms with Gasteiger partial charge in [0.05, 0.1) is 11.8 Å². The first-order chi connectivity index (χ1) is 7.13. The van der Waals surface area contributed by atoms with Gasteiger partial charge in [0.1, 0.15) is 10.7 Å². The van der Waals surface area contributed by atoms with E-state index < -0.39 is 4.92 Å². The molecule has 0 aliphatic rings. The lowest BCUT2D eigenvalue weighted by atomic mass is 10.3. The van der Waals surface area contributed by atoms with E-state index in [-0.39, 0.29) is 5.88 Å². The van der Waals surface area contributed by atoms with Crippen LogP contribution in [0.3, 0.4) is 0 Å². The van der Waals surface area contributed by atoms with E-state index in [4.69, 9.17) is 4.42 Å². The molecule has 80 valence electrons. The Balaban J connectivity index is 2.73. The molecule has 0 radical (unpaired) electrons. The van der Waals surface area contributed by atoms with Crippen molar-refractivity contribution in [3.05, 3.63) is 34.1 Å². The van der Waals surface area contributed by atoms with E-state index in [9.17, 15) is 10.1 Å². The highest BCUT2D eigenvalue weighted by Gasteiger charge is 2.09. The van der Waals surface area contributed by atoms with Crippen molar-refractivity contribution in [2.75, 3.05) is 7.05 Å². The molecule has 1 aromatic rings. The van der Waals surface area contributed by atoms with E-state index in [1.807, 2.05) is 0 Å². The Bertz CT molecular complexity index is 406. The molecule has 0 aliphatic heterocycles. The van der Waals surface area contributed by atoms with Crippen LogP contribution in [0.1, 0.15) is 12.7 Å². The second-order valence-corrected chi connectivity index (χ2v) is 2.74. The van der Waals surface area contributed by atoms with Gasteiger partial charge in [-0.2, -0.15) is 5.10 Å². The predicted octanol–water partition coefficient (Wildman–Crippen LogP) is 1.80. The summed E-state index contributed by atoms with van der Waals surface area (Å²) in [6.07, 6.45) is 3.31. The molecular weight excluding hydrogens is 198 g/mol. The van der Waals surface area contributed by atoms with Crippen molar-refractivity contribution in [2.24, 2.45) is 5.10 Å². The lowest BCUT2D eigenvalue weighted by Gasteiger charge is -1.89. The first-order valence-electron chi connectivity index (χ1n) is 4.27. The lowest BCUT2D eigenvalue weighted by molar-refractivity contribution is -0.402. The molecule has 0 saturated heterocycles. The normalized spacial score (nSPS) is 12.0. The van der Waals surface area contributed by atoms with Gasteiger partial charge in [-0.15, -0.1) is 0 Å². The summed E-state index contributed by atoms with van der Waals surface area (Å²) in [6.45, 7) is 1.80. The molecule has 0 atom stereocenters. The molecule has 0 bridgehead atoms. The Morgan fingerprint density at radius 2 is 2.40 bits per heavy atom. The molecule has 0 unspecified atom stereocenters. The van der Waals surface area contributed by atoms with Crippen molar-refractivity contribution >= 4 is 17.7 Å². The monoisotopic (exact) mass is 209 g/mol. The molecule has 6 nitrogen and oxygen atoms in total. The summed E-state index contributed by atoms with van der Waals surface area (Å²) in [5.74, 6) is 0.158. The molecular formula is C9H11N3O3. The summed E-state index contributed by atoms with van der Waals surface area (Å²) in [5, 5.41) is 14.2. The summed E-state index contributed by atoms with van der Waals surface area (Å²) >= 11 is 0. The fourth-order valence-electron chi connectivity index (χ4n) is 0.946. The van der Waals surface area contributed by atoms with Crippen molar-refractivity contribution in [2.45, 2.75) is 6.92 Å². The molecule has 0 spiro atoms. The van der Waals surface area contributed by atoms with E-state index in [0.717, 1.165) is 5.71 Å². The third kappa shape index (κ3) is 3.26. The van der Waals surface area contributed by atoms with Crippen LogP contribution >= 0.6 is 0 Å². The average Bonchev–Trinajstić information content (AvgIpc) is 2.63. The zero-order valence-electron chi connectivity index (χ0n) is 8.43. The Labute approximate surface area is 86.4 Å². The predicted molar refractivity (Wildman–Crippen MR) is 56.6 cm³/mol. The number of nitrogens with one attached hydrogen (secondary N) is 1. The molecule has 0 fully saturated rings. The molecule has 1 N–H and O–H groups in total. The molecule has 0 saturated carbocycles. The summed E-state index contributed by atoms with van der Waals surface area (Å²) in [4.78, 5) is 9.73. The van der Waals surface area contributed by atoms with E-state index in [0.29, 0.717) is 5.76 Å². The second-order valence-electron chi connectivity index (χ2n) is 2.74. The first kappa shape index (κ1) is 11.0. The Hall–Kier alpha value is -2.11. The molecule has 0 amide bonds. The van der Waals surface area contributed by atoms with Gasteiger partial charge < -0.3 is 9.84 Å². The minimum Gasteiger partial charge on any atom is -0.401 e. The minimum absolute atomic E-state index is 0.266. The zero-order valence-corrected chi connectivity index (χ0v) is 8.43. The van der Waals surface area contributed by atoms with Gasteiger partial charge in [-0.3, -0.25) is 10.1 Å². The van der Waals surface area contributed by atoms with Crippen molar-refractivity contribution < 1.29 is 9.34 Å². The van der Waals surface area contributed by atoms with Crippen LogP contribution in [0, 0.1) is 10.1 Å². The van der Waals surface area contributed by atoms with Crippen LogP contribution in [-0.4, -0.2) is 17.7 Å². The van der Waals surface area contributed by atoms with Crippen LogP contribution < -0.4 is 5.43 Å². The van der Waals surface area contributed by atoms with Gasteiger partial charge in [0.25, 0.3) is 0 Å². The minimum atomic E-state index is -0.577. The largest absolute Gasteiger partial charge is 0.433 e. The summed E-state index contributed by atoms with van der Waals surface area (Å²) < 4.78 is 4.91. The molecule has 1 heterocycles. The van der Waals surface area contributed by atoms with E-state index >= 15 is 0 Å². The van der Waals surface area contributed by atoms with E-state index in [2.05, 4.69) is 10.5 Å². The van der Waals surface area contributed by atoms with Crippen LogP contribution in [0.5, 0.6) is 0 Å². The lowest BCUT2D eigenvalue weighted by Crippen LogP contribution is -1.98. The maximum atomic E-state index is 10.3. The van der Waals surface area contributed by atoms with E-state index in [1.165, 1.54) is 12.1 Å². The van der Waals surface area contributed by atoms with Gasteiger partial charge in [0.15, 0.2) is 0 Å². The van der Waals surface area contributed by atoms with Crippen LogP contribution in [0.15, 0.2) is 27.7 Å². The van der Waals surface area contributed by atoms with Crippen molar-refractivity contribution in [1.82, 2.24) is 5.43 Å². The van der Waals surface area contributed by atoms with Gasteiger partial charge in [-0.1, -0.05) is 0 Å². The average molecular weight is 209 g/mol. The number of hydrogen-bond donors (Lipinski definition) is 1. The molecule has 15 heavy (non-hydrogen) atoms. The number of furan rings is 1. The number of hydrogen-bond acceptors (Lipinski definition) is 5. The molecule has 6 heteroatoms. The number of hydrazone groups is 1. The van der Waals surface area contributed by atoms with Crippen molar-refractivity contribution in [1.29, 1.82) is 0 Å². The Morgan fingerprint density at radius 3 is 2.93 bits per heavy atom. The fraction of sp³-hybridized carbons (Fsp3) is 0.222. The highest BCUT2D eigenvalue weighted by molar-refractivity contribution is 5.95. The van der Waals surface area contributed by atoms with Crippen molar-refractivity contribution in [3.63, 3.8) is 0 Å². The highest BCUT2D eigenvalue weighted by Crippen LogP contribution is 2.16. The molecule has 0 aromatic carbocycles. The zero-order chi connectivity index (χ0) is 11.3. The number of nitrogens with zero attached hydrogens (tertiary/aromatic N) is 2. The highest BCUT2D eigenvalue weighted by atomic mass is 16.6. The quantitative estimate of drug-likeness (QED) is 0.465. The third-order valence-corrected chi connectivity index (χ3v) is 1.57. The maximum absolute atomic E-state index is 10.3. The van der Waals surface area contributed by atoms with Crippen LogP contribution in [0.25, 0.3) is 6.08 Å². The smallest absolute Gasteiger partial charge is 0.401 e. The van der Waals surface area contributed by atoms with E-state index in [1.54, 1.807) is 26.1 Å². The van der Waals surface area contributed by atoms with Gasteiger partial charge in [0.2, 0.25) is 0 Å². The fourth-order valence-corrected chi connectivity index (χ4v) is 0.946.